The Balaban J connectivity index is 1.71. The number of ether oxygens (including phenoxy) is 1. The highest BCUT2D eigenvalue weighted by atomic mass is 35.5. The van der Waals surface area contributed by atoms with Crippen LogP contribution in [0.4, 0.5) is 0 Å². The van der Waals surface area contributed by atoms with Gasteiger partial charge in [0.05, 0.1) is 0 Å². The predicted octanol–water partition coefficient (Wildman–Crippen LogP) is 18.6. The van der Waals surface area contributed by atoms with E-state index in [1.54, 1.807) is 12.5 Å². The van der Waals surface area contributed by atoms with E-state index in [4.69, 9.17) is 57.6 Å². The van der Waals surface area contributed by atoms with E-state index >= 15 is 0 Å². The second kappa shape index (κ2) is 46.3. The summed E-state index contributed by atoms with van der Waals surface area (Å²) in [6, 6.07) is 19.7. The third-order valence-electron chi connectivity index (χ3n) is 11.5. The molecule has 0 heterocycles. The fourth-order valence-corrected chi connectivity index (χ4v) is 8.01. The molecule has 360 valence electrons. The topological polar surface area (TPSA) is 64.6 Å². The number of unbranched alkanes of at least 4 members (excludes halogenated alkanes) is 30. The third-order valence-corrected chi connectivity index (χ3v) is 12.1. The smallest absolute Gasteiger partial charge is 0.180 e. The lowest BCUT2D eigenvalue weighted by molar-refractivity contribution is -0.503. The maximum Gasteiger partial charge on any atom is 0.180 e. The Hall–Kier alpha value is -2.26. The van der Waals surface area contributed by atoms with Crippen molar-refractivity contribution in [3.8, 4) is 0 Å². The fraction of sp³-hybridized carbons (Fsp3) is 0.704. The van der Waals surface area contributed by atoms with Gasteiger partial charge in [-0.3, -0.25) is 0 Å². The van der Waals surface area contributed by atoms with Gasteiger partial charge in [-0.1, -0.05) is 240 Å². The summed E-state index contributed by atoms with van der Waals surface area (Å²) in [6.07, 6.45) is 45.7. The van der Waals surface area contributed by atoms with E-state index in [0.29, 0.717) is 24.4 Å². The molecule has 0 amide bonds. The van der Waals surface area contributed by atoms with Crippen LogP contribution in [0.1, 0.15) is 229 Å². The average molecular weight is 920 g/mol. The third kappa shape index (κ3) is 38.7. The van der Waals surface area contributed by atoms with Crippen LogP contribution >= 0.6 is 23.2 Å². The van der Waals surface area contributed by atoms with Crippen LogP contribution in [0.15, 0.2) is 84.7 Å². The Morgan fingerprint density at radius 2 is 0.587 bits per heavy atom. The molecule has 0 saturated carbocycles. The number of hydrogen-bond acceptors (Lipinski definition) is 7. The van der Waals surface area contributed by atoms with Crippen molar-refractivity contribution in [3.05, 3.63) is 95.8 Å². The van der Waals surface area contributed by atoms with Crippen molar-refractivity contribution < 1.29 is 34.4 Å². The first-order valence-corrected chi connectivity index (χ1v) is 26.5. The molecule has 0 saturated heterocycles. The van der Waals surface area contributed by atoms with E-state index in [-0.39, 0.29) is 13.2 Å². The van der Waals surface area contributed by atoms with Crippen LogP contribution in [0.3, 0.4) is 0 Å². The lowest BCUT2D eigenvalue weighted by Crippen LogP contribution is -2.00. The summed E-state index contributed by atoms with van der Waals surface area (Å²) in [5, 5.41) is 10.4. The minimum absolute atomic E-state index is 0.277. The normalized spacial score (nSPS) is 12.0. The molecule has 63 heavy (non-hydrogen) atoms. The molecule has 0 N–H and O–H groups in total. The van der Waals surface area contributed by atoms with E-state index in [0.717, 1.165) is 48.6 Å². The molecule has 7 nitrogen and oxygen atoms in total. The van der Waals surface area contributed by atoms with Gasteiger partial charge in [0.25, 0.3) is 0 Å². The number of rotatable bonds is 48. The van der Waals surface area contributed by atoms with Crippen molar-refractivity contribution in [2.75, 3.05) is 11.8 Å². The van der Waals surface area contributed by atoms with Crippen LogP contribution in [-0.4, -0.2) is 11.8 Å². The number of benzene rings is 2. The molecule has 0 bridgehead atoms. The highest BCUT2D eigenvalue weighted by molar-refractivity contribution is 6.18. The molecule has 0 fully saturated rings. The number of halogens is 2. The molecule has 0 aliphatic carbocycles. The minimum atomic E-state index is 0.277. The molecule has 0 aliphatic rings. The molecule has 0 spiro atoms. The van der Waals surface area contributed by atoms with Crippen molar-refractivity contribution in [2.24, 2.45) is 0 Å². The molecular weight excluding hydrogens is 831 g/mol. The molecule has 0 atom stereocenters. The predicted molar refractivity (Wildman–Crippen MR) is 262 cm³/mol. The first-order chi connectivity index (χ1) is 31.3. The van der Waals surface area contributed by atoms with Crippen LogP contribution < -0.4 is 0 Å². The quantitative estimate of drug-likeness (QED) is 0.0215. The maximum absolute atomic E-state index is 5.90. The van der Waals surface area contributed by atoms with E-state index in [1.165, 1.54) is 180 Å². The first kappa shape index (κ1) is 56.9. The summed E-state index contributed by atoms with van der Waals surface area (Å²) in [6.45, 7) is 0.554. The van der Waals surface area contributed by atoms with Gasteiger partial charge in [0.15, 0.2) is 11.5 Å². The van der Waals surface area contributed by atoms with Crippen molar-refractivity contribution in [1.82, 2.24) is 0 Å². The van der Waals surface area contributed by atoms with Crippen molar-refractivity contribution in [3.63, 3.8) is 0 Å². The Kier molecular flexibility index (Phi) is 41.8. The Morgan fingerprint density at radius 3 is 0.857 bits per heavy atom. The summed E-state index contributed by atoms with van der Waals surface area (Å²) in [5.74, 6) is 2.71. The van der Waals surface area contributed by atoms with Crippen molar-refractivity contribution in [2.45, 2.75) is 232 Å². The molecule has 9 heteroatoms. The van der Waals surface area contributed by atoms with E-state index < -0.39 is 0 Å². The second-order valence-corrected chi connectivity index (χ2v) is 18.1. The molecule has 0 aromatic heterocycles. The fourth-order valence-electron chi connectivity index (χ4n) is 7.63. The molecule has 0 aliphatic heterocycles. The van der Waals surface area contributed by atoms with E-state index in [2.05, 4.69) is 0 Å². The molecule has 2 aromatic carbocycles. The molecule has 2 aromatic rings. The SMILES string of the molecule is ClCCCCCCCCCCCCCCCCCCC(=COC=C(CCCCCCCCCCCCCCCCCCCl)OOOCc1ccccc1)OOOCc1ccccc1. The van der Waals surface area contributed by atoms with Gasteiger partial charge in [0.2, 0.25) is 0 Å². The zero-order valence-electron chi connectivity index (χ0n) is 39.4. The van der Waals surface area contributed by atoms with Crippen LogP contribution in [0.5, 0.6) is 0 Å². The van der Waals surface area contributed by atoms with Crippen LogP contribution in [-0.2, 0) is 47.6 Å². The second-order valence-electron chi connectivity index (χ2n) is 17.3. The Morgan fingerprint density at radius 1 is 0.333 bits per heavy atom. The molecule has 2 rings (SSSR count). The van der Waals surface area contributed by atoms with Gasteiger partial charge in [-0.05, 0) is 46.9 Å². The maximum atomic E-state index is 5.90. The van der Waals surface area contributed by atoms with Crippen LogP contribution in [0, 0.1) is 0 Å². The van der Waals surface area contributed by atoms with Crippen molar-refractivity contribution in [1.29, 1.82) is 0 Å². The largest absolute Gasteiger partial charge is 0.465 e. The van der Waals surface area contributed by atoms with Crippen molar-refractivity contribution >= 4 is 23.2 Å². The molecular formula is C54H88Cl2O7. The Bertz CT molecular complexity index is 1180. The zero-order chi connectivity index (χ0) is 44.6. The van der Waals surface area contributed by atoms with Gasteiger partial charge < -0.3 is 14.5 Å². The summed E-state index contributed by atoms with van der Waals surface area (Å²) in [4.78, 5) is 21.9. The Labute approximate surface area is 395 Å². The zero-order valence-corrected chi connectivity index (χ0v) is 40.9. The number of alkyl halides is 2. The number of hydrogen-bond donors (Lipinski definition) is 0. The first-order valence-electron chi connectivity index (χ1n) is 25.5. The molecule has 0 unspecified atom stereocenters. The van der Waals surface area contributed by atoms with Crippen LogP contribution in [0.2, 0.25) is 0 Å². The number of allylic oxidation sites excluding steroid dienone is 2. The minimum Gasteiger partial charge on any atom is -0.465 e. The average Bonchev–Trinajstić information content (AvgIpc) is 3.31. The van der Waals surface area contributed by atoms with Gasteiger partial charge in [-0.15, -0.1) is 23.2 Å². The van der Waals surface area contributed by atoms with E-state index in [9.17, 15) is 0 Å². The monoisotopic (exact) mass is 919 g/mol. The van der Waals surface area contributed by atoms with Gasteiger partial charge in [0.1, 0.15) is 25.7 Å². The van der Waals surface area contributed by atoms with Gasteiger partial charge in [-0.25, -0.2) is 0 Å². The van der Waals surface area contributed by atoms with Crippen LogP contribution in [0.25, 0.3) is 0 Å². The lowest BCUT2D eigenvalue weighted by atomic mass is 10.0. The summed E-state index contributed by atoms with van der Waals surface area (Å²) in [7, 11) is 0. The highest BCUT2D eigenvalue weighted by Gasteiger charge is 2.07. The summed E-state index contributed by atoms with van der Waals surface area (Å²) in [5.41, 5.74) is 1.99. The highest BCUT2D eigenvalue weighted by Crippen LogP contribution is 2.20. The molecule has 0 radical (unpaired) electrons. The standard InChI is InChI=1S/C54H88Cl2O7/c55-45-37-27-23-19-15-11-7-3-1-5-9-13-17-21-25-35-43-53(60-62-58-47-51-39-31-29-32-40-51)49-57-50-54(61-63-59-48-52-41-33-30-34-42-52)44-36-26-22-18-14-10-6-2-4-8-12-16-20-24-28-38-46-56/h29-34,39-42,49-50H,1-28,35-38,43-48H2. The van der Waals surface area contributed by atoms with Gasteiger partial charge in [0, 0.05) is 24.6 Å². The lowest BCUT2D eigenvalue weighted by Gasteiger charge is -2.10. The van der Waals surface area contributed by atoms with E-state index in [1.807, 2.05) is 60.7 Å². The summed E-state index contributed by atoms with van der Waals surface area (Å²) < 4.78 is 5.90. The van der Waals surface area contributed by atoms with Gasteiger partial charge >= 0.3 is 0 Å². The summed E-state index contributed by atoms with van der Waals surface area (Å²) >= 11 is 11.5. The van der Waals surface area contributed by atoms with Gasteiger partial charge in [-0.2, -0.15) is 9.78 Å².